The van der Waals surface area contributed by atoms with Gasteiger partial charge in [-0.3, -0.25) is 4.79 Å². The van der Waals surface area contributed by atoms with Gasteiger partial charge in [-0.1, -0.05) is 29.8 Å². The standard InChI is InChI=1S/C16H16ClN3O/c17-14-4-2-1-3-13(14)12-6-8-20(10-12)16(21)11-5-7-19-15(18)9-11/h1-5,7,9,12H,6,8,10H2,(H2,18,19). The van der Waals surface area contributed by atoms with Crippen LogP contribution in [0.5, 0.6) is 0 Å². The van der Waals surface area contributed by atoms with E-state index in [0.717, 1.165) is 23.6 Å². The van der Waals surface area contributed by atoms with E-state index in [1.807, 2.05) is 29.2 Å². The number of rotatable bonds is 2. The van der Waals surface area contributed by atoms with Gasteiger partial charge in [0.2, 0.25) is 0 Å². The molecule has 0 saturated carbocycles. The van der Waals surface area contributed by atoms with Crippen LogP contribution in [0.25, 0.3) is 0 Å². The number of amides is 1. The van der Waals surface area contributed by atoms with Crippen molar-refractivity contribution >= 4 is 23.3 Å². The Balaban J connectivity index is 1.75. The van der Waals surface area contributed by atoms with E-state index in [1.165, 1.54) is 0 Å². The van der Waals surface area contributed by atoms with Gasteiger partial charge >= 0.3 is 0 Å². The molecule has 0 bridgehead atoms. The highest BCUT2D eigenvalue weighted by Gasteiger charge is 2.29. The van der Waals surface area contributed by atoms with Gasteiger partial charge in [0.15, 0.2) is 0 Å². The van der Waals surface area contributed by atoms with Gasteiger partial charge in [-0.15, -0.1) is 0 Å². The third-order valence-electron chi connectivity index (χ3n) is 3.85. The lowest BCUT2D eigenvalue weighted by atomic mass is 9.98. The van der Waals surface area contributed by atoms with Crippen molar-refractivity contribution in [1.29, 1.82) is 0 Å². The Hall–Kier alpha value is -2.07. The van der Waals surface area contributed by atoms with E-state index in [1.54, 1.807) is 18.3 Å². The van der Waals surface area contributed by atoms with Crippen LogP contribution in [0, 0.1) is 0 Å². The van der Waals surface area contributed by atoms with Gasteiger partial charge in [0.25, 0.3) is 5.91 Å². The monoisotopic (exact) mass is 301 g/mol. The molecule has 1 aliphatic rings. The second-order valence-electron chi connectivity index (χ2n) is 5.23. The van der Waals surface area contributed by atoms with E-state index in [0.29, 0.717) is 23.8 Å². The summed E-state index contributed by atoms with van der Waals surface area (Å²) in [6, 6.07) is 11.1. The molecule has 2 N–H and O–H groups in total. The molecule has 5 heteroatoms. The van der Waals surface area contributed by atoms with Crippen molar-refractivity contribution in [2.24, 2.45) is 0 Å². The Kier molecular flexibility index (Phi) is 3.80. The Morgan fingerprint density at radius 2 is 2.14 bits per heavy atom. The highest BCUT2D eigenvalue weighted by molar-refractivity contribution is 6.31. The molecule has 3 rings (SSSR count). The lowest BCUT2D eigenvalue weighted by Gasteiger charge is -2.17. The molecular weight excluding hydrogens is 286 g/mol. The van der Waals surface area contributed by atoms with Crippen molar-refractivity contribution in [3.8, 4) is 0 Å². The SMILES string of the molecule is Nc1cc(C(=O)N2CCC(c3ccccc3Cl)C2)ccn1. The molecule has 1 amide bonds. The summed E-state index contributed by atoms with van der Waals surface area (Å²) in [6.07, 6.45) is 2.49. The average molecular weight is 302 g/mol. The van der Waals surface area contributed by atoms with Gasteiger partial charge in [-0.25, -0.2) is 4.98 Å². The van der Waals surface area contributed by atoms with Crippen LogP contribution in [0.1, 0.15) is 28.3 Å². The number of carbonyl (C=O) groups excluding carboxylic acids is 1. The van der Waals surface area contributed by atoms with Gasteiger partial charge in [-0.05, 0) is 30.2 Å². The predicted octanol–water partition coefficient (Wildman–Crippen LogP) is 2.95. The third-order valence-corrected chi connectivity index (χ3v) is 4.19. The fourth-order valence-electron chi connectivity index (χ4n) is 2.77. The summed E-state index contributed by atoms with van der Waals surface area (Å²) in [4.78, 5) is 18.2. The summed E-state index contributed by atoms with van der Waals surface area (Å²) in [5.74, 6) is 0.656. The molecule has 0 radical (unpaired) electrons. The first-order valence-electron chi connectivity index (χ1n) is 6.90. The Bertz CT molecular complexity index is 674. The average Bonchev–Trinajstić information content (AvgIpc) is 2.96. The smallest absolute Gasteiger partial charge is 0.254 e. The topological polar surface area (TPSA) is 59.2 Å². The molecule has 1 aliphatic heterocycles. The van der Waals surface area contributed by atoms with E-state index in [9.17, 15) is 4.79 Å². The number of carbonyl (C=O) groups is 1. The molecule has 1 saturated heterocycles. The minimum atomic E-state index is -0.00125. The molecule has 1 fully saturated rings. The molecule has 1 aromatic heterocycles. The second kappa shape index (κ2) is 5.74. The minimum absolute atomic E-state index is 0.00125. The summed E-state index contributed by atoms with van der Waals surface area (Å²) in [6.45, 7) is 1.42. The molecule has 4 nitrogen and oxygen atoms in total. The zero-order chi connectivity index (χ0) is 14.8. The van der Waals surface area contributed by atoms with Crippen molar-refractivity contribution in [3.05, 3.63) is 58.7 Å². The van der Waals surface area contributed by atoms with E-state index >= 15 is 0 Å². The highest BCUT2D eigenvalue weighted by atomic mass is 35.5. The molecule has 0 spiro atoms. The summed E-state index contributed by atoms with van der Waals surface area (Å²) in [7, 11) is 0. The first-order valence-corrected chi connectivity index (χ1v) is 7.28. The maximum atomic E-state index is 12.5. The molecule has 21 heavy (non-hydrogen) atoms. The number of nitrogens with zero attached hydrogens (tertiary/aromatic N) is 2. The van der Waals surface area contributed by atoms with Crippen molar-refractivity contribution in [2.75, 3.05) is 18.8 Å². The van der Waals surface area contributed by atoms with Crippen molar-refractivity contribution < 1.29 is 4.79 Å². The Morgan fingerprint density at radius 3 is 2.90 bits per heavy atom. The van der Waals surface area contributed by atoms with Crippen LogP contribution in [0.3, 0.4) is 0 Å². The summed E-state index contributed by atoms with van der Waals surface area (Å²) < 4.78 is 0. The molecule has 1 unspecified atom stereocenters. The van der Waals surface area contributed by atoms with Gasteiger partial charge in [0, 0.05) is 35.8 Å². The number of pyridine rings is 1. The molecule has 1 atom stereocenters. The number of aromatic nitrogens is 1. The molecule has 2 heterocycles. The normalized spacial score (nSPS) is 18.0. The highest BCUT2D eigenvalue weighted by Crippen LogP contribution is 2.32. The molecule has 1 aromatic carbocycles. The van der Waals surface area contributed by atoms with E-state index < -0.39 is 0 Å². The maximum absolute atomic E-state index is 12.5. The fraction of sp³-hybridized carbons (Fsp3) is 0.250. The van der Waals surface area contributed by atoms with Crippen LogP contribution in [0.15, 0.2) is 42.6 Å². The number of hydrogen-bond acceptors (Lipinski definition) is 3. The minimum Gasteiger partial charge on any atom is -0.384 e. The van der Waals surface area contributed by atoms with Crippen LogP contribution in [-0.4, -0.2) is 28.9 Å². The van der Waals surface area contributed by atoms with Crippen LogP contribution in [-0.2, 0) is 0 Å². The first-order chi connectivity index (χ1) is 10.1. The Labute approximate surface area is 128 Å². The van der Waals surface area contributed by atoms with E-state index in [-0.39, 0.29) is 5.91 Å². The lowest BCUT2D eigenvalue weighted by Crippen LogP contribution is -2.28. The first kappa shape index (κ1) is 13.9. The number of anilines is 1. The largest absolute Gasteiger partial charge is 0.384 e. The number of nitrogen functional groups attached to an aromatic ring is 1. The molecule has 2 aromatic rings. The Morgan fingerprint density at radius 1 is 1.33 bits per heavy atom. The molecule has 0 aliphatic carbocycles. The summed E-state index contributed by atoms with van der Waals surface area (Å²) in [5, 5.41) is 0.768. The third kappa shape index (κ3) is 2.85. The summed E-state index contributed by atoms with van der Waals surface area (Å²) in [5.41, 5.74) is 7.33. The molecule has 108 valence electrons. The van der Waals surface area contributed by atoms with Gasteiger partial charge in [-0.2, -0.15) is 0 Å². The van der Waals surface area contributed by atoms with Crippen LogP contribution < -0.4 is 5.73 Å². The number of hydrogen-bond donors (Lipinski definition) is 1. The number of halogens is 1. The van der Waals surface area contributed by atoms with Gasteiger partial charge in [0.05, 0.1) is 0 Å². The summed E-state index contributed by atoms with van der Waals surface area (Å²) >= 11 is 6.24. The van der Waals surface area contributed by atoms with Gasteiger partial charge < -0.3 is 10.6 Å². The predicted molar refractivity (Wildman–Crippen MR) is 83.4 cm³/mol. The van der Waals surface area contributed by atoms with Crippen LogP contribution in [0.4, 0.5) is 5.82 Å². The van der Waals surface area contributed by atoms with E-state index in [4.69, 9.17) is 17.3 Å². The van der Waals surface area contributed by atoms with Crippen molar-refractivity contribution in [2.45, 2.75) is 12.3 Å². The second-order valence-corrected chi connectivity index (χ2v) is 5.63. The zero-order valence-corrected chi connectivity index (χ0v) is 12.3. The van der Waals surface area contributed by atoms with Crippen LogP contribution >= 0.6 is 11.6 Å². The van der Waals surface area contributed by atoms with Crippen molar-refractivity contribution in [1.82, 2.24) is 9.88 Å². The van der Waals surface area contributed by atoms with Gasteiger partial charge in [0.1, 0.15) is 5.82 Å². The molecular formula is C16H16ClN3O. The van der Waals surface area contributed by atoms with Crippen LogP contribution in [0.2, 0.25) is 5.02 Å². The number of likely N-dealkylation sites (tertiary alicyclic amines) is 1. The quantitative estimate of drug-likeness (QED) is 0.928. The fourth-order valence-corrected chi connectivity index (χ4v) is 3.06. The van der Waals surface area contributed by atoms with E-state index in [2.05, 4.69) is 4.98 Å². The maximum Gasteiger partial charge on any atom is 0.254 e. The lowest BCUT2D eigenvalue weighted by molar-refractivity contribution is 0.0790. The number of benzene rings is 1. The zero-order valence-electron chi connectivity index (χ0n) is 11.5. The van der Waals surface area contributed by atoms with Crippen molar-refractivity contribution in [3.63, 3.8) is 0 Å². The number of nitrogens with two attached hydrogens (primary N) is 1.